The van der Waals surface area contributed by atoms with Gasteiger partial charge >= 0.3 is 6.36 Å². The highest BCUT2D eigenvalue weighted by molar-refractivity contribution is 5.81. The number of anilines is 1. The molecule has 1 fully saturated rings. The summed E-state index contributed by atoms with van der Waals surface area (Å²) in [6.07, 6.45) is -2.80. The van der Waals surface area contributed by atoms with Gasteiger partial charge < -0.3 is 19.7 Å². The molecule has 0 amide bonds. The van der Waals surface area contributed by atoms with Crippen molar-refractivity contribution in [3.05, 3.63) is 30.0 Å². The van der Waals surface area contributed by atoms with Gasteiger partial charge in [0.2, 0.25) is 5.95 Å². The molecular formula is C21H25F3N6O2. The first-order chi connectivity index (χ1) is 15.3. The van der Waals surface area contributed by atoms with Gasteiger partial charge in [0.05, 0.1) is 18.3 Å². The Morgan fingerprint density at radius 3 is 2.75 bits per heavy atom. The highest BCUT2D eigenvalue weighted by Crippen LogP contribution is 2.37. The number of hydrogen-bond donors (Lipinski definition) is 1. The molecule has 1 aliphatic rings. The third-order valence-electron chi connectivity index (χ3n) is 5.48. The van der Waals surface area contributed by atoms with Crippen LogP contribution in [0, 0.1) is 6.92 Å². The first-order valence-electron chi connectivity index (χ1n) is 10.4. The lowest BCUT2D eigenvalue weighted by Gasteiger charge is -2.32. The number of aromatic nitrogens is 4. The summed E-state index contributed by atoms with van der Waals surface area (Å²) in [5.41, 5.74) is 1.59. The second-order valence-electron chi connectivity index (χ2n) is 7.74. The smallest absolute Gasteiger partial charge is 0.497 e. The zero-order chi connectivity index (χ0) is 22.9. The average molecular weight is 450 g/mol. The van der Waals surface area contributed by atoms with Crippen molar-refractivity contribution in [1.29, 1.82) is 0 Å². The Morgan fingerprint density at radius 2 is 2.03 bits per heavy atom. The summed E-state index contributed by atoms with van der Waals surface area (Å²) in [5, 5.41) is 16.4. The van der Waals surface area contributed by atoms with Crippen LogP contribution in [-0.4, -0.2) is 63.9 Å². The van der Waals surface area contributed by atoms with E-state index in [0.29, 0.717) is 17.2 Å². The van der Waals surface area contributed by atoms with Gasteiger partial charge in [-0.3, -0.25) is 0 Å². The highest BCUT2D eigenvalue weighted by atomic mass is 19.4. The molecule has 0 bridgehead atoms. The zero-order valence-corrected chi connectivity index (χ0v) is 18.1. The number of hydrogen-bond acceptors (Lipinski definition) is 7. The fraction of sp³-hybridized carbons (Fsp3) is 0.476. The minimum absolute atomic E-state index is 0.141. The van der Waals surface area contributed by atoms with E-state index < -0.39 is 12.1 Å². The third kappa shape index (κ3) is 4.72. The summed E-state index contributed by atoms with van der Waals surface area (Å²) in [6, 6.07) is 6.14. The van der Waals surface area contributed by atoms with Gasteiger partial charge in [0.1, 0.15) is 17.2 Å². The number of nitrogens with zero attached hydrogens (tertiary/aromatic N) is 5. The Labute approximate surface area is 183 Å². The van der Waals surface area contributed by atoms with Crippen LogP contribution in [0.25, 0.3) is 16.8 Å². The maximum absolute atomic E-state index is 13.0. The molecule has 2 aromatic heterocycles. The molecule has 11 heteroatoms. The van der Waals surface area contributed by atoms with Crippen molar-refractivity contribution in [3.8, 4) is 22.8 Å². The molecule has 1 atom stereocenters. The van der Waals surface area contributed by atoms with E-state index in [0.717, 1.165) is 32.5 Å². The highest BCUT2D eigenvalue weighted by Gasteiger charge is 2.33. The molecule has 172 valence electrons. The topological polar surface area (TPSA) is 76.8 Å². The predicted octanol–water partition coefficient (Wildman–Crippen LogP) is 3.90. The van der Waals surface area contributed by atoms with Gasteiger partial charge in [-0.2, -0.15) is 9.61 Å². The normalized spacial score (nSPS) is 17.5. The number of aryl methyl sites for hydroxylation is 1. The van der Waals surface area contributed by atoms with E-state index in [9.17, 15) is 13.2 Å². The van der Waals surface area contributed by atoms with Crippen LogP contribution in [0.15, 0.2) is 24.3 Å². The number of methoxy groups -OCH3 is 1. The van der Waals surface area contributed by atoms with Gasteiger partial charge in [-0.1, -0.05) is 6.92 Å². The largest absolute Gasteiger partial charge is 0.573 e. The number of benzene rings is 1. The summed E-state index contributed by atoms with van der Waals surface area (Å²) in [7, 11) is 1.37. The van der Waals surface area contributed by atoms with E-state index in [1.807, 2.05) is 0 Å². The van der Waals surface area contributed by atoms with Gasteiger partial charge in [0.25, 0.3) is 0 Å². The lowest BCUT2D eigenvalue weighted by Crippen LogP contribution is -2.42. The van der Waals surface area contributed by atoms with E-state index in [1.54, 1.807) is 23.6 Å². The van der Waals surface area contributed by atoms with Gasteiger partial charge in [0, 0.05) is 24.2 Å². The van der Waals surface area contributed by atoms with Gasteiger partial charge in [-0.25, -0.2) is 0 Å². The summed E-state index contributed by atoms with van der Waals surface area (Å²) in [6.45, 7) is 6.85. The van der Waals surface area contributed by atoms with Crippen LogP contribution in [0.5, 0.6) is 11.5 Å². The molecule has 1 N–H and O–H groups in total. The second kappa shape index (κ2) is 8.81. The minimum atomic E-state index is -4.87. The van der Waals surface area contributed by atoms with Crippen LogP contribution in [0.3, 0.4) is 0 Å². The molecule has 0 radical (unpaired) electrons. The van der Waals surface area contributed by atoms with Crippen molar-refractivity contribution in [3.63, 3.8) is 0 Å². The van der Waals surface area contributed by atoms with Crippen molar-refractivity contribution in [2.75, 3.05) is 32.1 Å². The Morgan fingerprint density at radius 1 is 1.22 bits per heavy atom. The van der Waals surface area contributed by atoms with Gasteiger partial charge in [-0.05, 0) is 51.1 Å². The van der Waals surface area contributed by atoms with Crippen LogP contribution >= 0.6 is 0 Å². The summed E-state index contributed by atoms with van der Waals surface area (Å²) < 4.78 is 50.0. The van der Waals surface area contributed by atoms with E-state index >= 15 is 0 Å². The number of ether oxygens (including phenoxy) is 2. The summed E-state index contributed by atoms with van der Waals surface area (Å²) >= 11 is 0. The first-order valence-corrected chi connectivity index (χ1v) is 10.4. The molecule has 32 heavy (non-hydrogen) atoms. The number of fused-ring (bicyclic) bond motifs is 1. The third-order valence-corrected chi connectivity index (χ3v) is 5.48. The van der Waals surface area contributed by atoms with Gasteiger partial charge in [0.15, 0.2) is 0 Å². The molecule has 0 spiro atoms. The fourth-order valence-corrected chi connectivity index (χ4v) is 3.98. The minimum Gasteiger partial charge on any atom is -0.497 e. The number of alkyl halides is 3. The Hall–Kier alpha value is -3.08. The molecule has 1 saturated heterocycles. The lowest BCUT2D eigenvalue weighted by molar-refractivity contribution is -0.274. The molecule has 1 aromatic carbocycles. The fourth-order valence-electron chi connectivity index (χ4n) is 3.98. The Bertz CT molecular complexity index is 1100. The zero-order valence-electron chi connectivity index (χ0n) is 18.1. The van der Waals surface area contributed by atoms with Crippen molar-refractivity contribution in [1.82, 2.24) is 24.7 Å². The van der Waals surface area contributed by atoms with Crippen molar-refractivity contribution in [2.24, 2.45) is 0 Å². The predicted molar refractivity (Wildman–Crippen MR) is 113 cm³/mol. The van der Waals surface area contributed by atoms with E-state index in [4.69, 9.17) is 4.74 Å². The monoisotopic (exact) mass is 450 g/mol. The average Bonchev–Trinajstić information content (AvgIpc) is 3.15. The van der Waals surface area contributed by atoms with E-state index in [-0.39, 0.29) is 23.0 Å². The lowest BCUT2D eigenvalue weighted by atomic mass is 10.1. The molecule has 4 rings (SSSR count). The van der Waals surface area contributed by atoms with Crippen LogP contribution in [0.2, 0.25) is 0 Å². The number of likely N-dealkylation sites (tertiary alicyclic amines) is 1. The summed E-state index contributed by atoms with van der Waals surface area (Å²) in [4.78, 5) is 2.35. The molecule has 0 unspecified atom stereocenters. The van der Waals surface area contributed by atoms with E-state index in [2.05, 4.69) is 37.2 Å². The van der Waals surface area contributed by atoms with Crippen molar-refractivity contribution < 1.29 is 22.6 Å². The van der Waals surface area contributed by atoms with Crippen LogP contribution < -0.4 is 14.8 Å². The number of nitrogens with one attached hydrogen (secondary N) is 1. The standard InChI is InChI=1S/C21H25F3N6O2/c1-4-29-9-5-6-14(12-29)25-20-27-26-19(17-10-13(2)28-30(17)20)16-8-7-15(31-3)11-18(16)32-21(22,23)24/h7-8,10-11,14H,4-6,9,12H2,1-3H3,(H,25,27)/t14-/m1/s1. The molecule has 3 aromatic rings. The SMILES string of the molecule is CCN1CCC[C@@H](Nc2nnc(-c3ccc(OC)cc3OC(F)(F)F)c3cc(C)nn23)C1. The number of piperidine rings is 1. The quantitative estimate of drug-likeness (QED) is 0.610. The number of likely N-dealkylation sites (N-methyl/N-ethyl adjacent to an activating group) is 1. The molecular weight excluding hydrogens is 425 g/mol. The Kier molecular flexibility index (Phi) is 6.09. The first kappa shape index (κ1) is 22.1. The molecule has 3 heterocycles. The maximum Gasteiger partial charge on any atom is 0.573 e. The van der Waals surface area contributed by atoms with Crippen LogP contribution in [0.1, 0.15) is 25.5 Å². The second-order valence-corrected chi connectivity index (χ2v) is 7.74. The van der Waals surface area contributed by atoms with E-state index in [1.165, 1.54) is 19.2 Å². The molecule has 1 aliphatic heterocycles. The molecule has 0 saturated carbocycles. The van der Waals surface area contributed by atoms with Crippen LogP contribution in [-0.2, 0) is 0 Å². The maximum atomic E-state index is 13.0. The Balaban J connectivity index is 1.75. The van der Waals surface area contributed by atoms with Gasteiger partial charge in [-0.15, -0.1) is 23.4 Å². The van der Waals surface area contributed by atoms with Crippen molar-refractivity contribution in [2.45, 2.75) is 39.1 Å². The summed E-state index contributed by atoms with van der Waals surface area (Å²) in [5.74, 6) is 0.266. The number of halogens is 3. The molecule has 8 nitrogen and oxygen atoms in total. The van der Waals surface area contributed by atoms with Crippen LogP contribution in [0.4, 0.5) is 19.1 Å². The number of rotatable bonds is 6. The molecule has 0 aliphatic carbocycles. The van der Waals surface area contributed by atoms with Crippen molar-refractivity contribution >= 4 is 11.5 Å².